The first-order valence-electron chi connectivity index (χ1n) is 5.42. The minimum Gasteiger partial charge on any atom is -0.261 e. The third-order valence-electron chi connectivity index (χ3n) is 2.57. The number of rotatable bonds is 3. The van der Waals surface area contributed by atoms with Crippen LogP contribution in [0, 0.1) is 12.3 Å². The molecule has 0 aliphatic heterocycles. The van der Waals surface area contributed by atoms with Crippen LogP contribution in [-0.2, 0) is 12.2 Å². The van der Waals surface area contributed by atoms with Gasteiger partial charge in [-0.1, -0.05) is 30.2 Å². The molecule has 2 aromatic rings. The lowest BCUT2D eigenvalue weighted by Crippen LogP contribution is -1.93. The van der Waals surface area contributed by atoms with Gasteiger partial charge in [-0.2, -0.15) is 12.6 Å². The smallest absolute Gasteiger partial charge is 0.0459 e. The van der Waals surface area contributed by atoms with Gasteiger partial charge in [0.25, 0.3) is 0 Å². The quantitative estimate of drug-likeness (QED) is 0.641. The molecule has 0 saturated carbocycles. The molecule has 0 bridgehead atoms. The minimum atomic E-state index is 0.769. The predicted octanol–water partition coefficient (Wildman–Crippen LogP) is 3.08. The predicted molar refractivity (Wildman–Crippen MR) is 74.1 cm³/mol. The van der Waals surface area contributed by atoms with Crippen molar-refractivity contribution in [1.29, 1.82) is 0 Å². The van der Waals surface area contributed by atoms with Gasteiger partial charge in [0.05, 0.1) is 0 Å². The zero-order valence-electron chi connectivity index (χ0n) is 9.43. The maximum absolute atomic E-state index is 5.36. The molecule has 1 heterocycles. The number of nitrogens with zero attached hydrogens (tertiary/aromatic N) is 1. The zero-order valence-corrected chi connectivity index (χ0v) is 10.3. The van der Waals surface area contributed by atoms with Crippen LogP contribution in [0.15, 0.2) is 42.6 Å². The molecule has 0 saturated heterocycles. The molecule has 2 heteroatoms. The van der Waals surface area contributed by atoms with Gasteiger partial charge in [0.15, 0.2) is 0 Å². The fourth-order valence-electron chi connectivity index (χ4n) is 1.64. The van der Waals surface area contributed by atoms with Crippen LogP contribution in [0.25, 0.3) is 0 Å². The molecular formula is C15H13NS. The van der Waals surface area contributed by atoms with Crippen molar-refractivity contribution in [1.82, 2.24) is 4.98 Å². The number of pyridine rings is 1. The summed E-state index contributed by atoms with van der Waals surface area (Å²) < 4.78 is 0. The van der Waals surface area contributed by atoms with Crippen LogP contribution in [0.5, 0.6) is 0 Å². The van der Waals surface area contributed by atoms with Gasteiger partial charge < -0.3 is 0 Å². The molecule has 0 aliphatic rings. The van der Waals surface area contributed by atoms with Crippen molar-refractivity contribution in [3.05, 3.63) is 65.0 Å². The summed E-state index contributed by atoms with van der Waals surface area (Å²) >= 11 is 4.24. The summed E-state index contributed by atoms with van der Waals surface area (Å²) in [6.45, 7) is 0. The Bertz CT molecular complexity index is 538. The number of terminal acetylenes is 1. The second-order valence-corrected chi connectivity index (χ2v) is 4.15. The van der Waals surface area contributed by atoms with E-state index in [1.54, 1.807) is 6.20 Å². The first-order chi connectivity index (χ1) is 8.31. The van der Waals surface area contributed by atoms with Gasteiger partial charge in [0, 0.05) is 29.6 Å². The molecular weight excluding hydrogens is 226 g/mol. The number of benzene rings is 1. The van der Waals surface area contributed by atoms with E-state index < -0.39 is 0 Å². The van der Waals surface area contributed by atoms with Crippen LogP contribution in [0.4, 0.5) is 0 Å². The summed E-state index contributed by atoms with van der Waals surface area (Å²) in [7, 11) is 0. The van der Waals surface area contributed by atoms with Crippen molar-refractivity contribution in [2.45, 2.75) is 12.2 Å². The first-order valence-corrected chi connectivity index (χ1v) is 6.05. The third-order valence-corrected chi connectivity index (χ3v) is 2.94. The number of hydrogen-bond acceptors (Lipinski definition) is 2. The van der Waals surface area contributed by atoms with Gasteiger partial charge in [0.1, 0.15) is 0 Å². The van der Waals surface area contributed by atoms with E-state index in [-0.39, 0.29) is 0 Å². The largest absolute Gasteiger partial charge is 0.261 e. The molecule has 0 spiro atoms. The number of thiol groups is 1. The fraction of sp³-hybridized carbons (Fsp3) is 0.133. The van der Waals surface area contributed by atoms with Crippen LogP contribution in [0.2, 0.25) is 0 Å². The van der Waals surface area contributed by atoms with Gasteiger partial charge in [0.2, 0.25) is 0 Å². The molecule has 1 aromatic carbocycles. The normalized spacial score (nSPS) is 9.88. The van der Waals surface area contributed by atoms with Crippen molar-refractivity contribution in [2.24, 2.45) is 0 Å². The Balaban J connectivity index is 2.16. The average molecular weight is 239 g/mol. The highest BCUT2D eigenvalue weighted by Gasteiger charge is 1.99. The van der Waals surface area contributed by atoms with Crippen LogP contribution in [0.3, 0.4) is 0 Å². The van der Waals surface area contributed by atoms with Gasteiger partial charge >= 0.3 is 0 Å². The Hall–Kier alpha value is -1.72. The highest BCUT2D eigenvalue weighted by atomic mass is 32.1. The maximum atomic E-state index is 5.36. The van der Waals surface area contributed by atoms with E-state index in [0.29, 0.717) is 0 Å². The number of hydrogen-bond donors (Lipinski definition) is 1. The molecule has 2 rings (SSSR count). The van der Waals surface area contributed by atoms with E-state index in [1.165, 1.54) is 11.1 Å². The average Bonchev–Trinajstić information content (AvgIpc) is 2.40. The molecule has 0 N–H and O–H groups in total. The van der Waals surface area contributed by atoms with Gasteiger partial charge in [-0.15, -0.1) is 6.42 Å². The summed E-state index contributed by atoms with van der Waals surface area (Å²) in [4.78, 5) is 4.31. The maximum Gasteiger partial charge on any atom is 0.0459 e. The SMILES string of the molecule is C#Cc1ccnc(Cc2ccc(CS)cc2)c1. The summed E-state index contributed by atoms with van der Waals surface area (Å²) in [6, 6.07) is 12.2. The Kier molecular flexibility index (Phi) is 3.85. The minimum absolute atomic E-state index is 0.769. The summed E-state index contributed by atoms with van der Waals surface area (Å²) in [5.41, 5.74) is 4.33. The highest BCUT2D eigenvalue weighted by molar-refractivity contribution is 7.79. The molecule has 0 unspecified atom stereocenters. The Morgan fingerprint density at radius 2 is 1.82 bits per heavy atom. The third kappa shape index (κ3) is 3.12. The summed E-state index contributed by atoms with van der Waals surface area (Å²) in [6.07, 6.45) is 7.93. The lowest BCUT2D eigenvalue weighted by atomic mass is 10.1. The molecule has 0 radical (unpaired) electrons. The summed E-state index contributed by atoms with van der Waals surface area (Å²) in [5.74, 6) is 3.39. The molecule has 0 fully saturated rings. The standard InChI is InChI=1S/C15H13NS/c1-2-12-7-8-16-15(9-12)10-13-3-5-14(11-17)6-4-13/h1,3-9,17H,10-11H2. The second-order valence-electron chi connectivity index (χ2n) is 3.83. The first kappa shape index (κ1) is 11.8. The van der Waals surface area contributed by atoms with E-state index in [4.69, 9.17) is 6.42 Å². The highest BCUT2D eigenvalue weighted by Crippen LogP contribution is 2.11. The fourth-order valence-corrected chi connectivity index (χ4v) is 1.85. The molecule has 0 atom stereocenters. The Morgan fingerprint density at radius 3 is 2.47 bits per heavy atom. The van der Waals surface area contributed by atoms with Crippen LogP contribution >= 0.6 is 12.6 Å². The van der Waals surface area contributed by atoms with Crippen molar-refractivity contribution in [3.63, 3.8) is 0 Å². The van der Waals surface area contributed by atoms with Crippen molar-refractivity contribution < 1.29 is 0 Å². The van der Waals surface area contributed by atoms with Gasteiger partial charge in [-0.25, -0.2) is 0 Å². The molecule has 1 nitrogen and oxygen atoms in total. The lowest BCUT2D eigenvalue weighted by Gasteiger charge is -2.03. The Morgan fingerprint density at radius 1 is 1.12 bits per heavy atom. The van der Waals surface area contributed by atoms with E-state index in [9.17, 15) is 0 Å². The van der Waals surface area contributed by atoms with Crippen LogP contribution in [0.1, 0.15) is 22.4 Å². The lowest BCUT2D eigenvalue weighted by molar-refractivity contribution is 1.07. The molecule has 17 heavy (non-hydrogen) atoms. The van der Waals surface area contributed by atoms with Crippen LogP contribution < -0.4 is 0 Å². The van der Waals surface area contributed by atoms with E-state index in [1.807, 2.05) is 12.1 Å². The van der Waals surface area contributed by atoms with Gasteiger partial charge in [-0.3, -0.25) is 4.98 Å². The molecule has 0 aliphatic carbocycles. The van der Waals surface area contributed by atoms with E-state index >= 15 is 0 Å². The Labute approximate surface area is 107 Å². The molecule has 1 aromatic heterocycles. The molecule has 84 valence electrons. The number of aromatic nitrogens is 1. The van der Waals surface area contributed by atoms with Gasteiger partial charge in [-0.05, 0) is 23.3 Å². The second kappa shape index (κ2) is 5.56. The van der Waals surface area contributed by atoms with Crippen molar-refractivity contribution in [3.8, 4) is 12.3 Å². The summed E-state index contributed by atoms with van der Waals surface area (Å²) in [5, 5.41) is 0. The van der Waals surface area contributed by atoms with Crippen LogP contribution in [-0.4, -0.2) is 4.98 Å². The van der Waals surface area contributed by atoms with Crippen molar-refractivity contribution in [2.75, 3.05) is 0 Å². The topological polar surface area (TPSA) is 12.9 Å². The van der Waals surface area contributed by atoms with E-state index in [2.05, 4.69) is 47.8 Å². The zero-order chi connectivity index (χ0) is 12.1. The van der Waals surface area contributed by atoms with E-state index in [0.717, 1.165) is 23.4 Å². The van der Waals surface area contributed by atoms with Crippen molar-refractivity contribution >= 4 is 12.6 Å². The monoisotopic (exact) mass is 239 g/mol. The molecule has 0 amide bonds.